The van der Waals surface area contributed by atoms with Crippen LogP contribution in [0.2, 0.25) is 0 Å². The molecule has 0 rings (SSSR count). The van der Waals surface area contributed by atoms with Gasteiger partial charge in [0.2, 0.25) is 5.91 Å². The predicted octanol–water partition coefficient (Wildman–Crippen LogP) is 1.88. The zero-order chi connectivity index (χ0) is 11.7. The average Bonchev–Trinajstić information content (AvgIpc) is 2.23. The second-order valence-corrected chi connectivity index (χ2v) is 3.31. The van der Waals surface area contributed by atoms with Crippen LogP contribution in [0.15, 0.2) is 36.1 Å². The minimum atomic E-state index is 0.0612. The molecule has 15 heavy (non-hydrogen) atoms. The van der Waals surface area contributed by atoms with E-state index in [1.165, 1.54) is 0 Å². The van der Waals surface area contributed by atoms with Gasteiger partial charge in [0, 0.05) is 18.7 Å². The fraction of sp³-hybridized carbons (Fsp3) is 0.417. The largest absolute Gasteiger partial charge is 0.399 e. The molecule has 84 valence electrons. The van der Waals surface area contributed by atoms with E-state index in [2.05, 4.69) is 11.9 Å². The number of nitrogens with two attached hydrogens (primary N) is 1. The van der Waals surface area contributed by atoms with Crippen molar-refractivity contribution in [3.05, 3.63) is 36.1 Å². The van der Waals surface area contributed by atoms with Crippen molar-refractivity contribution in [3.8, 4) is 0 Å². The van der Waals surface area contributed by atoms with Crippen LogP contribution >= 0.6 is 0 Å². The van der Waals surface area contributed by atoms with Gasteiger partial charge in [0.05, 0.1) is 0 Å². The van der Waals surface area contributed by atoms with E-state index < -0.39 is 0 Å². The topological polar surface area (TPSA) is 55.1 Å². The van der Waals surface area contributed by atoms with Crippen LogP contribution in [-0.2, 0) is 4.79 Å². The molecular formula is C12H20N2O. The number of carbonyl (C=O) groups is 1. The highest BCUT2D eigenvalue weighted by atomic mass is 16.1. The molecule has 0 atom stereocenters. The molecule has 0 aromatic heterocycles. The van der Waals surface area contributed by atoms with Crippen molar-refractivity contribution in [1.29, 1.82) is 0 Å². The summed E-state index contributed by atoms with van der Waals surface area (Å²) in [6, 6.07) is 0. The Hall–Kier alpha value is -1.51. The molecule has 1 amide bonds. The maximum Gasteiger partial charge on any atom is 0.220 e. The summed E-state index contributed by atoms with van der Waals surface area (Å²) in [5.41, 5.74) is 7.10. The van der Waals surface area contributed by atoms with Crippen molar-refractivity contribution < 1.29 is 4.79 Å². The third kappa shape index (κ3) is 7.55. The van der Waals surface area contributed by atoms with Gasteiger partial charge in [0.1, 0.15) is 0 Å². The second-order valence-electron chi connectivity index (χ2n) is 3.31. The smallest absolute Gasteiger partial charge is 0.220 e. The molecule has 0 saturated heterocycles. The summed E-state index contributed by atoms with van der Waals surface area (Å²) < 4.78 is 0. The third-order valence-corrected chi connectivity index (χ3v) is 1.83. The van der Waals surface area contributed by atoms with Gasteiger partial charge in [0.15, 0.2) is 0 Å². The van der Waals surface area contributed by atoms with Gasteiger partial charge in [0.25, 0.3) is 0 Å². The van der Waals surface area contributed by atoms with E-state index in [0.29, 0.717) is 18.7 Å². The van der Waals surface area contributed by atoms with Gasteiger partial charge in [-0.2, -0.15) is 0 Å². The molecular weight excluding hydrogens is 188 g/mol. The molecule has 3 nitrogen and oxygen atoms in total. The predicted molar refractivity (Wildman–Crippen MR) is 64.1 cm³/mol. The van der Waals surface area contributed by atoms with E-state index in [-0.39, 0.29) is 5.91 Å². The molecule has 0 heterocycles. The van der Waals surface area contributed by atoms with Gasteiger partial charge < -0.3 is 11.1 Å². The fourth-order valence-electron chi connectivity index (χ4n) is 0.897. The molecule has 3 N–H and O–H groups in total. The van der Waals surface area contributed by atoms with Crippen LogP contribution in [0, 0.1) is 0 Å². The van der Waals surface area contributed by atoms with Crippen LogP contribution in [0.1, 0.15) is 26.7 Å². The number of nitrogens with one attached hydrogen (secondary N) is 1. The number of carbonyl (C=O) groups excluding carboxylic acids is 1. The van der Waals surface area contributed by atoms with Gasteiger partial charge in [-0.1, -0.05) is 25.7 Å². The van der Waals surface area contributed by atoms with Gasteiger partial charge in [-0.3, -0.25) is 4.79 Å². The quantitative estimate of drug-likeness (QED) is 0.655. The maximum absolute atomic E-state index is 11.1. The number of allylic oxidation sites excluding steroid dienone is 2. The summed E-state index contributed by atoms with van der Waals surface area (Å²) in [6.45, 7) is 8.13. The zero-order valence-electron chi connectivity index (χ0n) is 9.55. The first kappa shape index (κ1) is 13.5. The van der Waals surface area contributed by atoms with Crippen molar-refractivity contribution in [2.75, 3.05) is 6.54 Å². The number of rotatable bonds is 6. The lowest BCUT2D eigenvalue weighted by molar-refractivity contribution is -0.120. The summed E-state index contributed by atoms with van der Waals surface area (Å²) in [5.74, 6) is 0.0612. The Morgan fingerprint density at radius 1 is 1.47 bits per heavy atom. The number of hydrogen-bond donors (Lipinski definition) is 2. The molecule has 0 unspecified atom stereocenters. The van der Waals surface area contributed by atoms with E-state index in [0.717, 1.165) is 12.0 Å². The first-order valence-electron chi connectivity index (χ1n) is 5.14. The molecule has 0 saturated carbocycles. The number of hydrogen-bond acceptors (Lipinski definition) is 2. The normalized spacial score (nSPS) is 11.7. The van der Waals surface area contributed by atoms with Crippen LogP contribution in [0.5, 0.6) is 0 Å². The molecule has 3 heteroatoms. The first-order valence-corrected chi connectivity index (χ1v) is 5.14. The molecule has 0 bridgehead atoms. The van der Waals surface area contributed by atoms with Crippen molar-refractivity contribution >= 4 is 5.91 Å². The SMILES string of the molecule is C=C(/C=C\C(N)=C/C)CNC(=O)CCC. The highest BCUT2D eigenvalue weighted by Gasteiger charge is 1.97. The highest BCUT2D eigenvalue weighted by Crippen LogP contribution is 1.95. The van der Waals surface area contributed by atoms with Gasteiger partial charge in [-0.05, 0) is 25.0 Å². The Morgan fingerprint density at radius 3 is 2.67 bits per heavy atom. The van der Waals surface area contributed by atoms with Crippen molar-refractivity contribution in [3.63, 3.8) is 0 Å². The summed E-state index contributed by atoms with van der Waals surface area (Å²) in [7, 11) is 0. The minimum absolute atomic E-state index is 0.0612. The van der Waals surface area contributed by atoms with E-state index in [1.54, 1.807) is 12.2 Å². The molecule has 0 aromatic rings. The van der Waals surface area contributed by atoms with Crippen molar-refractivity contribution in [1.82, 2.24) is 5.32 Å². The molecule has 0 aliphatic carbocycles. The van der Waals surface area contributed by atoms with E-state index in [1.807, 2.05) is 19.9 Å². The van der Waals surface area contributed by atoms with Gasteiger partial charge >= 0.3 is 0 Å². The lowest BCUT2D eigenvalue weighted by Crippen LogP contribution is -2.24. The Balaban J connectivity index is 3.85. The molecule has 0 aliphatic heterocycles. The van der Waals surface area contributed by atoms with Crippen LogP contribution in [0.3, 0.4) is 0 Å². The monoisotopic (exact) mass is 208 g/mol. The summed E-state index contributed by atoms with van der Waals surface area (Å²) in [4.78, 5) is 11.1. The summed E-state index contributed by atoms with van der Waals surface area (Å²) in [6.07, 6.45) is 6.81. The zero-order valence-corrected chi connectivity index (χ0v) is 9.55. The minimum Gasteiger partial charge on any atom is -0.399 e. The second kappa shape index (κ2) is 7.85. The van der Waals surface area contributed by atoms with Gasteiger partial charge in [-0.15, -0.1) is 0 Å². The average molecular weight is 208 g/mol. The van der Waals surface area contributed by atoms with Crippen molar-refractivity contribution in [2.45, 2.75) is 26.7 Å². The fourth-order valence-corrected chi connectivity index (χ4v) is 0.897. The van der Waals surface area contributed by atoms with Crippen LogP contribution in [-0.4, -0.2) is 12.5 Å². The van der Waals surface area contributed by atoms with E-state index in [9.17, 15) is 4.79 Å². The highest BCUT2D eigenvalue weighted by molar-refractivity contribution is 5.76. The first-order chi connectivity index (χ1) is 7.10. The summed E-state index contributed by atoms with van der Waals surface area (Å²) in [5, 5.41) is 2.78. The molecule has 0 aromatic carbocycles. The van der Waals surface area contributed by atoms with E-state index in [4.69, 9.17) is 5.73 Å². The van der Waals surface area contributed by atoms with Crippen LogP contribution < -0.4 is 11.1 Å². The lowest BCUT2D eigenvalue weighted by atomic mass is 10.2. The molecule has 0 fully saturated rings. The third-order valence-electron chi connectivity index (χ3n) is 1.83. The summed E-state index contributed by atoms with van der Waals surface area (Å²) >= 11 is 0. The Bertz CT molecular complexity index is 277. The molecule has 0 spiro atoms. The van der Waals surface area contributed by atoms with Crippen molar-refractivity contribution in [2.24, 2.45) is 5.73 Å². The molecule has 0 radical (unpaired) electrons. The standard InChI is InChI=1S/C12H20N2O/c1-4-6-12(15)14-9-10(3)7-8-11(13)5-2/h5,7-8H,3-4,6,9,13H2,1-2H3,(H,14,15)/b8-7-,11-5+. The Morgan fingerprint density at radius 2 is 2.13 bits per heavy atom. The van der Waals surface area contributed by atoms with E-state index >= 15 is 0 Å². The van der Waals surface area contributed by atoms with Gasteiger partial charge in [-0.25, -0.2) is 0 Å². The maximum atomic E-state index is 11.1. The Labute approximate surface area is 91.7 Å². The Kier molecular flexibility index (Phi) is 7.06. The lowest BCUT2D eigenvalue weighted by Gasteiger charge is -2.03. The number of amides is 1. The van der Waals surface area contributed by atoms with Crippen LogP contribution in [0.4, 0.5) is 0 Å². The molecule has 0 aliphatic rings. The van der Waals surface area contributed by atoms with Crippen LogP contribution in [0.25, 0.3) is 0 Å².